The van der Waals surface area contributed by atoms with E-state index >= 15 is 0 Å². The number of rotatable bonds is 4. The Morgan fingerprint density at radius 3 is 2.83 bits per heavy atom. The third-order valence-electron chi connectivity index (χ3n) is 2.12. The summed E-state index contributed by atoms with van der Waals surface area (Å²) in [5.41, 5.74) is 0. The lowest BCUT2D eigenvalue weighted by Crippen LogP contribution is -1.88. The molecule has 0 amide bonds. The SMILES string of the molecule is CCCCC(C)c1cnc(C)s1. The number of aryl methyl sites for hydroxylation is 1. The summed E-state index contributed by atoms with van der Waals surface area (Å²) in [5.74, 6) is 0.705. The van der Waals surface area contributed by atoms with Crippen LogP contribution >= 0.6 is 11.3 Å². The van der Waals surface area contributed by atoms with Gasteiger partial charge in [-0.3, -0.25) is 0 Å². The number of hydrogen-bond acceptors (Lipinski definition) is 2. The van der Waals surface area contributed by atoms with Crippen LogP contribution in [0, 0.1) is 6.92 Å². The van der Waals surface area contributed by atoms with Gasteiger partial charge in [0.1, 0.15) is 0 Å². The molecule has 1 unspecified atom stereocenters. The average molecular weight is 183 g/mol. The summed E-state index contributed by atoms with van der Waals surface area (Å²) in [6.07, 6.45) is 5.96. The molecule has 1 aromatic rings. The average Bonchev–Trinajstić information content (AvgIpc) is 2.47. The molecule has 1 rings (SSSR count). The lowest BCUT2D eigenvalue weighted by Gasteiger charge is -2.06. The molecule has 0 aliphatic heterocycles. The fraction of sp³-hybridized carbons (Fsp3) is 0.700. The standard InChI is InChI=1S/C10H17NS/c1-4-5-6-8(2)10-7-11-9(3)12-10/h7-8H,4-6H2,1-3H3. The van der Waals surface area contributed by atoms with Crippen molar-refractivity contribution in [1.82, 2.24) is 4.98 Å². The lowest BCUT2D eigenvalue weighted by molar-refractivity contribution is 0.631. The molecule has 68 valence electrons. The van der Waals surface area contributed by atoms with Crippen molar-refractivity contribution in [1.29, 1.82) is 0 Å². The van der Waals surface area contributed by atoms with Crippen LogP contribution in [0.25, 0.3) is 0 Å². The van der Waals surface area contributed by atoms with E-state index in [1.807, 2.05) is 17.5 Å². The largest absolute Gasteiger partial charge is 0.250 e. The van der Waals surface area contributed by atoms with E-state index in [0.29, 0.717) is 5.92 Å². The van der Waals surface area contributed by atoms with Crippen molar-refractivity contribution in [3.8, 4) is 0 Å². The van der Waals surface area contributed by atoms with E-state index in [-0.39, 0.29) is 0 Å². The van der Waals surface area contributed by atoms with Gasteiger partial charge < -0.3 is 0 Å². The molecular formula is C10H17NS. The summed E-state index contributed by atoms with van der Waals surface area (Å²) >= 11 is 1.84. The second-order valence-electron chi connectivity index (χ2n) is 3.32. The molecule has 0 saturated heterocycles. The van der Waals surface area contributed by atoms with E-state index in [1.54, 1.807) is 0 Å². The summed E-state index contributed by atoms with van der Waals surface area (Å²) in [7, 11) is 0. The molecule has 0 spiro atoms. The normalized spacial score (nSPS) is 13.2. The topological polar surface area (TPSA) is 12.9 Å². The van der Waals surface area contributed by atoms with Gasteiger partial charge in [-0.05, 0) is 19.3 Å². The smallest absolute Gasteiger partial charge is 0.0896 e. The first-order valence-electron chi connectivity index (χ1n) is 4.66. The molecule has 0 saturated carbocycles. The van der Waals surface area contributed by atoms with Gasteiger partial charge in [-0.15, -0.1) is 11.3 Å². The molecule has 0 aliphatic rings. The third-order valence-corrected chi connectivity index (χ3v) is 3.26. The second kappa shape index (κ2) is 4.61. The van der Waals surface area contributed by atoms with Crippen LogP contribution in [0.5, 0.6) is 0 Å². The van der Waals surface area contributed by atoms with Gasteiger partial charge in [-0.2, -0.15) is 0 Å². The van der Waals surface area contributed by atoms with Gasteiger partial charge in [-0.1, -0.05) is 26.7 Å². The van der Waals surface area contributed by atoms with Crippen molar-refractivity contribution < 1.29 is 0 Å². The first-order chi connectivity index (χ1) is 5.74. The summed E-state index contributed by atoms with van der Waals surface area (Å²) in [5, 5.41) is 1.19. The maximum Gasteiger partial charge on any atom is 0.0896 e. The summed E-state index contributed by atoms with van der Waals surface area (Å²) in [6.45, 7) is 6.61. The summed E-state index contributed by atoms with van der Waals surface area (Å²) in [6, 6.07) is 0. The zero-order valence-electron chi connectivity index (χ0n) is 8.13. The van der Waals surface area contributed by atoms with Gasteiger partial charge in [-0.25, -0.2) is 4.98 Å². The van der Waals surface area contributed by atoms with Gasteiger partial charge in [0.15, 0.2) is 0 Å². The van der Waals surface area contributed by atoms with E-state index in [2.05, 4.69) is 25.8 Å². The highest BCUT2D eigenvalue weighted by molar-refractivity contribution is 7.11. The number of aromatic nitrogens is 1. The molecule has 12 heavy (non-hydrogen) atoms. The van der Waals surface area contributed by atoms with Crippen molar-refractivity contribution in [3.63, 3.8) is 0 Å². The Balaban J connectivity index is 2.47. The monoisotopic (exact) mass is 183 g/mol. The number of thiazole rings is 1. The van der Waals surface area contributed by atoms with Crippen molar-refractivity contribution in [2.45, 2.75) is 46.0 Å². The third kappa shape index (κ3) is 2.59. The van der Waals surface area contributed by atoms with Crippen molar-refractivity contribution in [3.05, 3.63) is 16.1 Å². The Hall–Kier alpha value is -0.370. The van der Waals surface area contributed by atoms with Crippen LogP contribution in [0.2, 0.25) is 0 Å². The van der Waals surface area contributed by atoms with Crippen LogP contribution in [0.3, 0.4) is 0 Å². The number of hydrogen-bond donors (Lipinski definition) is 0. The zero-order valence-corrected chi connectivity index (χ0v) is 8.95. The summed E-state index contributed by atoms with van der Waals surface area (Å²) < 4.78 is 0. The van der Waals surface area contributed by atoms with Crippen LogP contribution < -0.4 is 0 Å². The Morgan fingerprint density at radius 2 is 2.33 bits per heavy atom. The minimum Gasteiger partial charge on any atom is -0.250 e. The molecule has 0 radical (unpaired) electrons. The molecule has 1 aromatic heterocycles. The Bertz CT molecular complexity index is 229. The first-order valence-corrected chi connectivity index (χ1v) is 5.48. The summed E-state index contributed by atoms with van der Waals surface area (Å²) in [4.78, 5) is 5.71. The van der Waals surface area contributed by atoms with Gasteiger partial charge in [0.2, 0.25) is 0 Å². The van der Waals surface area contributed by atoms with Crippen LogP contribution in [0.4, 0.5) is 0 Å². The Labute approximate surface area is 78.8 Å². The maximum atomic E-state index is 4.26. The van der Waals surface area contributed by atoms with E-state index in [4.69, 9.17) is 0 Å². The van der Waals surface area contributed by atoms with Crippen LogP contribution in [0.1, 0.15) is 48.9 Å². The number of unbranched alkanes of at least 4 members (excludes halogenated alkanes) is 1. The molecule has 1 atom stereocenters. The lowest BCUT2D eigenvalue weighted by atomic mass is 10.0. The van der Waals surface area contributed by atoms with E-state index in [1.165, 1.54) is 29.1 Å². The maximum absolute atomic E-state index is 4.26. The minimum atomic E-state index is 0.705. The molecule has 0 aliphatic carbocycles. The Morgan fingerprint density at radius 1 is 1.58 bits per heavy atom. The van der Waals surface area contributed by atoms with Crippen LogP contribution in [-0.2, 0) is 0 Å². The molecular weight excluding hydrogens is 166 g/mol. The van der Waals surface area contributed by atoms with E-state index in [9.17, 15) is 0 Å². The highest BCUT2D eigenvalue weighted by Gasteiger charge is 2.07. The quantitative estimate of drug-likeness (QED) is 0.693. The molecule has 0 fully saturated rings. The van der Waals surface area contributed by atoms with Crippen LogP contribution in [-0.4, -0.2) is 4.98 Å². The van der Waals surface area contributed by atoms with Crippen molar-refractivity contribution >= 4 is 11.3 Å². The molecule has 1 nitrogen and oxygen atoms in total. The van der Waals surface area contributed by atoms with Crippen molar-refractivity contribution in [2.24, 2.45) is 0 Å². The zero-order chi connectivity index (χ0) is 8.97. The van der Waals surface area contributed by atoms with E-state index < -0.39 is 0 Å². The van der Waals surface area contributed by atoms with Gasteiger partial charge in [0, 0.05) is 11.1 Å². The molecule has 0 N–H and O–H groups in total. The van der Waals surface area contributed by atoms with E-state index in [0.717, 1.165) is 0 Å². The van der Waals surface area contributed by atoms with Crippen LogP contribution in [0.15, 0.2) is 6.20 Å². The number of nitrogens with zero attached hydrogens (tertiary/aromatic N) is 1. The predicted octanol–water partition coefficient (Wildman–Crippen LogP) is 3.75. The predicted molar refractivity (Wildman–Crippen MR) is 54.8 cm³/mol. The first kappa shape index (κ1) is 9.72. The molecule has 1 heterocycles. The van der Waals surface area contributed by atoms with Gasteiger partial charge in [0.05, 0.1) is 5.01 Å². The molecule has 0 aromatic carbocycles. The molecule has 2 heteroatoms. The second-order valence-corrected chi connectivity index (χ2v) is 4.59. The van der Waals surface area contributed by atoms with Gasteiger partial charge in [0.25, 0.3) is 0 Å². The highest BCUT2D eigenvalue weighted by atomic mass is 32.1. The Kier molecular flexibility index (Phi) is 3.73. The fourth-order valence-corrected chi connectivity index (χ4v) is 2.13. The highest BCUT2D eigenvalue weighted by Crippen LogP contribution is 2.26. The fourth-order valence-electron chi connectivity index (χ4n) is 1.26. The van der Waals surface area contributed by atoms with Gasteiger partial charge >= 0.3 is 0 Å². The minimum absolute atomic E-state index is 0.705. The van der Waals surface area contributed by atoms with Crippen molar-refractivity contribution in [2.75, 3.05) is 0 Å². The molecule has 0 bridgehead atoms.